The molecule has 0 fully saturated rings. The van der Waals surface area contributed by atoms with E-state index in [0.29, 0.717) is 27.9 Å². The third kappa shape index (κ3) is 5.71. The van der Waals surface area contributed by atoms with Gasteiger partial charge in [-0.1, -0.05) is 11.8 Å². The summed E-state index contributed by atoms with van der Waals surface area (Å²) in [5, 5.41) is 16.0. The number of nitrogens with zero attached hydrogens (tertiary/aromatic N) is 4. The first-order valence-electron chi connectivity index (χ1n) is 9.46. The summed E-state index contributed by atoms with van der Waals surface area (Å²) in [6.07, 6.45) is -4.77. The van der Waals surface area contributed by atoms with Crippen molar-refractivity contribution in [3.05, 3.63) is 60.7 Å². The molecule has 0 radical (unpaired) electrons. The van der Waals surface area contributed by atoms with Gasteiger partial charge >= 0.3 is 6.36 Å². The van der Waals surface area contributed by atoms with Crippen LogP contribution >= 0.6 is 11.8 Å². The maximum atomic E-state index is 12.2. The Morgan fingerprint density at radius 1 is 1.00 bits per heavy atom. The lowest BCUT2D eigenvalue weighted by Crippen LogP contribution is -2.17. The van der Waals surface area contributed by atoms with Crippen molar-refractivity contribution in [2.24, 2.45) is 0 Å². The number of anilines is 1. The van der Waals surface area contributed by atoms with E-state index in [9.17, 15) is 18.0 Å². The van der Waals surface area contributed by atoms with E-state index in [2.05, 4.69) is 25.3 Å². The monoisotopic (exact) mass is 475 g/mol. The number of nitrogens with one attached hydrogen (secondary N) is 1. The topological polar surface area (TPSA) is 90.6 Å². The fraction of sp³-hybridized carbons (Fsp3) is 0.143. The fourth-order valence-corrected chi connectivity index (χ4v) is 3.50. The molecular formula is C21H16F3N5O3S. The van der Waals surface area contributed by atoms with Gasteiger partial charge in [0, 0.05) is 11.3 Å². The number of ether oxygens (including phenoxy) is 2. The van der Waals surface area contributed by atoms with E-state index >= 15 is 0 Å². The molecule has 1 amide bonds. The number of fused-ring (bicyclic) bond motifs is 1. The molecule has 0 aliphatic heterocycles. The SMILES string of the molecule is COc1ccc(-c2nnc3ccc(SCC(=O)Nc4ccc(OC(F)(F)F)cc4)nn23)cc1. The highest BCUT2D eigenvalue weighted by Crippen LogP contribution is 2.25. The van der Waals surface area contributed by atoms with Crippen LogP contribution in [0, 0.1) is 0 Å². The molecule has 0 spiro atoms. The maximum Gasteiger partial charge on any atom is 0.573 e. The van der Waals surface area contributed by atoms with Gasteiger partial charge in [0.1, 0.15) is 16.5 Å². The van der Waals surface area contributed by atoms with E-state index in [1.165, 1.54) is 23.9 Å². The molecule has 0 saturated carbocycles. The molecule has 1 N–H and O–H groups in total. The van der Waals surface area contributed by atoms with Gasteiger partial charge in [-0.3, -0.25) is 4.79 Å². The van der Waals surface area contributed by atoms with Gasteiger partial charge in [0.15, 0.2) is 11.5 Å². The Balaban J connectivity index is 1.40. The first-order valence-corrected chi connectivity index (χ1v) is 10.4. The van der Waals surface area contributed by atoms with E-state index < -0.39 is 6.36 Å². The summed E-state index contributed by atoms with van der Waals surface area (Å²) in [6, 6.07) is 15.7. The van der Waals surface area contributed by atoms with Gasteiger partial charge < -0.3 is 14.8 Å². The summed E-state index contributed by atoms with van der Waals surface area (Å²) in [4.78, 5) is 12.2. The number of hydrogen-bond acceptors (Lipinski definition) is 7. The molecule has 2 aromatic carbocycles. The van der Waals surface area contributed by atoms with Gasteiger partial charge in [0.05, 0.1) is 12.9 Å². The average molecular weight is 475 g/mol. The molecule has 8 nitrogen and oxygen atoms in total. The van der Waals surface area contributed by atoms with Gasteiger partial charge in [-0.2, -0.15) is 9.61 Å². The van der Waals surface area contributed by atoms with Crippen LogP contribution < -0.4 is 14.8 Å². The molecule has 12 heteroatoms. The van der Waals surface area contributed by atoms with Crippen LogP contribution in [-0.2, 0) is 4.79 Å². The first-order chi connectivity index (χ1) is 15.8. The van der Waals surface area contributed by atoms with Crippen molar-refractivity contribution in [1.82, 2.24) is 19.8 Å². The largest absolute Gasteiger partial charge is 0.573 e. The highest BCUT2D eigenvalue weighted by atomic mass is 32.2. The molecule has 0 aliphatic rings. The lowest BCUT2D eigenvalue weighted by atomic mass is 10.2. The average Bonchev–Trinajstić information content (AvgIpc) is 3.21. The Kier molecular flexibility index (Phi) is 6.36. The van der Waals surface area contributed by atoms with Gasteiger partial charge in [-0.05, 0) is 60.7 Å². The molecule has 0 bridgehead atoms. The van der Waals surface area contributed by atoms with Crippen molar-refractivity contribution in [1.29, 1.82) is 0 Å². The zero-order valence-electron chi connectivity index (χ0n) is 17.0. The van der Waals surface area contributed by atoms with Crippen molar-refractivity contribution in [2.75, 3.05) is 18.2 Å². The molecule has 0 saturated heterocycles. The number of thioether (sulfide) groups is 1. The van der Waals surface area contributed by atoms with E-state index in [4.69, 9.17) is 4.74 Å². The van der Waals surface area contributed by atoms with Crippen LogP contribution in [0.5, 0.6) is 11.5 Å². The minimum absolute atomic E-state index is 0.0410. The number of halogens is 3. The second-order valence-electron chi connectivity index (χ2n) is 6.60. The Morgan fingerprint density at radius 3 is 2.36 bits per heavy atom. The minimum atomic E-state index is -4.77. The number of hydrogen-bond donors (Lipinski definition) is 1. The summed E-state index contributed by atoms with van der Waals surface area (Å²) < 4.78 is 47.2. The Labute approximate surface area is 189 Å². The van der Waals surface area contributed by atoms with Crippen molar-refractivity contribution < 1.29 is 27.4 Å². The molecule has 170 valence electrons. The molecular weight excluding hydrogens is 459 g/mol. The van der Waals surface area contributed by atoms with Crippen molar-refractivity contribution >= 4 is 29.0 Å². The van der Waals surface area contributed by atoms with Crippen LogP contribution in [0.2, 0.25) is 0 Å². The highest BCUT2D eigenvalue weighted by Gasteiger charge is 2.30. The predicted molar refractivity (Wildman–Crippen MR) is 115 cm³/mol. The third-order valence-electron chi connectivity index (χ3n) is 4.31. The number of rotatable bonds is 7. The molecule has 4 aromatic rings. The molecule has 4 rings (SSSR count). The Morgan fingerprint density at radius 2 is 1.70 bits per heavy atom. The lowest BCUT2D eigenvalue weighted by Gasteiger charge is -2.10. The lowest BCUT2D eigenvalue weighted by molar-refractivity contribution is -0.274. The fourth-order valence-electron chi connectivity index (χ4n) is 2.85. The molecule has 0 aliphatic carbocycles. The molecule has 33 heavy (non-hydrogen) atoms. The van der Waals surface area contributed by atoms with E-state index in [-0.39, 0.29) is 17.4 Å². The van der Waals surface area contributed by atoms with Gasteiger partial charge in [-0.25, -0.2) is 0 Å². The minimum Gasteiger partial charge on any atom is -0.497 e. The maximum absolute atomic E-state index is 12.2. The predicted octanol–water partition coefficient (Wildman–Crippen LogP) is 4.43. The summed E-state index contributed by atoms with van der Waals surface area (Å²) in [7, 11) is 1.58. The van der Waals surface area contributed by atoms with Crippen molar-refractivity contribution in [2.45, 2.75) is 11.4 Å². The second-order valence-corrected chi connectivity index (χ2v) is 7.60. The molecule has 0 unspecified atom stereocenters. The number of aromatic nitrogens is 4. The van der Waals surface area contributed by atoms with E-state index in [0.717, 1.165) is 17.7 Å². The number of alkyl halides is 3. The standard InChI is InChI=1S/C21H16F3N5O3S/c1-31-15-6-2-13(3-7-15)20-27-26-17-10-11-19(28-29(17)20)33-12-18(30)25-14-4-8-16(9-5-14)32-21(22,23)24/h2-11H,12H2,1H3,(H,25,30). The van der Waals surface area contributed by atoms with Crippen molar-refractivity contribution in [3.8, 4) is 22.9 Å². The first kappa shape index (κ1) is 22.4. The van der Waals surface area contributed by atoms with Crippen molar-refractivity contribution in [3.63, 3.8) is 0 Å². The van der Waals surface area contributed by atoms with Gasteiger partial charge in [-0.15, -0.1) is 23.4 Å². The number of carbonyl (C=O) groups excluding carboxylic acids is 1. The molecule has 0 atom stereocenters. The van der Waals surface area contributed by atoms with E-state index in [1.807, 2.05) is 12.1 Å². The Bertz CT molecular complexity index is 1260. The van der Waals surface area contributed by atoms with E-state index in [1.54, 1.807) is 35.9 Å². The van der Waals surface area contributed by atoms with Crippen LogP contribution in [0.25, 0.3) is 17.0 Å². The smallest absolute Gasteiger partial charge is 0.497 e. The highest BCUT2D eigenvalue weighted by molar-refractivity contribution is 7.99. The van der Waals surface area contributed by atoms with Crippen LogP contribution in [0.1, 0.15) is 0 Å². The van der Waals surface area contributed by atoms with Gasteiger partial charge in [0.2, 0.25) is 5.91 Å². The Hall–Kier alpha value is -3.80. The number of amides is 1. The second kappa shape index (κ2) is 9.36. The number of benzene rings is 2. The summed E-state index contributed by atoms with van der Waals surface area (Å²) in [6.45, 7) is 0. The molecule has 2 aromatic heterocycles. The number of carbonyl (C=O) groups is 1. The van der Waals surface area contributed by atoms with Crippen LogP contribution in [-0.4, -0.2) is 44.9 Å². The van der Waals surface area contributed by atoms with Gasteiger partial charge in [0.25, 0.3) is 0 Å². The summed E-state index contributed by atoms with van der Waals surface area (Å²) in [5.41, 5.74) is 1.70. The quantitative estimate of drug-likeness (QED) is 0.396. The summed E-state index contributed by atoms with van der Waals surface area (Å²) in [5.74, 6) is 0.588. The number of methoxy groups -OCH3 is 1. The zero-order valence-corrected chi connectivity index (χ0v) is 17.9. The van der Waals surface area contributed by atoms with Crippen LogP contribution in [0.4, 0.5) is 18.9 Å². The van der Waals surface area contributed by atoms with Crippen LogP contribution in [0.15, 0.2) is 65.7 Å². The zero-order chi connectivity index (χ0) is 23.4. The normalized spacial score (nSPS) is 11.4. The third-order valence-corrected chi connectivity index (χ3v) is 5.23. The summed E-state index contributed by atoms with van der Waals surface area (Å²) >= 11 is 1.19. The van der Waals surface area contributed by atoms with Crippen LogP contribution in [0.3, 0.4) is 0 Å². The molecule has 2 heterocycles.